The Morgan fingerprint density at radius 3 is 2.68 bits per heavy atom. The number of fused-ring (bicyclic) bond motifs is 2. The van der Waals surface area contributed by atoms with Crippen molar-refractivity contribution >= 4 is 45.4 Å². The molecule has 0 saturated carbocycles. The van der Waals surface area contributed by atoms with Crippen LogP contribution in [0.2, 0.25) is 5.15 Å². The number of nitrogens with one attached hydrogen (secondary N) is 1. The molecule has 0 fully saturated rings. The number of para-hydroxylation sites is 1. The summed E-state index contributed by atoms with van der Waals surface area (Å²) in [4.78, 5) is 8.95. The Bertz CT molecular complexity index is 1110. The van der Waals surface area contributed by atoms with Crippen molar-refractivity contribution in [2.24, 2.45) is 5.10 Å². The second-order valence-corrected chi connectivity index (χ2v) is 6.18. The minimum atomic E-state index is 0.426. The number of aryl methyl sites for hydroxylation is 1. The molecular formula is C20H15ClN4. The molecule has 4 nitrogen and oxygen atoms in total. The second kappa shape index (κ2) is 6.49. The van der Waals surface area contributed by atoms with E-state index in [1.165, 1.54) is 0 Å². The van der Waals surface area contributed by atoms with E-state index >= 15 is 0 Å². The second-order valence-electron chi connectivity index (χ2n) is 5.82. The molecule has 25 heavy (non-hydrogen) atoms. The molecule has 2 aromatic carbocycles. The first-order valence-electron chi connectivity index (χ1n) is 7.91. The number of benzene rings is 2. The summed E-state index contributed by atoms with van der Waals surface area (Å²) in [5, 5.41) is 6.79. The summed E-state index contributed by atoms with van der Waals surface area (Å²) in [6.07, 6.45) is 1.66. The molecule has 0 unspecified atom stereocenters. The highest BCUT2D eigenvalue weighted by Gasteiger charge is 2.03. The summed E-state index contributed by atoms with van der Waals surface area (Å²) >= 11 is 6.27. The maximum Gasteiger partial charge on any atom is 0.146 e. The van der Waals surface area contributed by atoms with E-state index in [1.807, 2.05) is 61.5 Å². The van der Waals surface area contributed by atoms with Gasteiger partial charge < -0.3 is 0 Å². The number of aromatic nitrogens is 2. The first-order chi connectivity index (χ1) is 12.2. The predicted octanol–water partition coefficient (Wildman–Crippen LogP) is 5.19. The SMILES string of the molecule is Cc1ccc2cc(/C=N\Nc3ccc4ccccc4n3)c(Cl)nc2c1. The molecule has 4 aromatic rings. The summed E-state index contributed by atoms with van der Waals surface area (Å²) < 4.78 is 0. The zero-order valence-electron chi connectivity index (χ0n) is 13.6. The zero-order chi connectivity index (χ0) is 17.2. The number of nitrogens with zero attached hydrogens (tertiary/aromatic N) is 3. The molecular weight excluding hydrogens is 332 g/mol. The van der Waals surface area contributed by atoms with Crippen LogP contribution in [0.25, 0.3) is 21.8 Å². The zero-order valence-corrected chi connectivity index (χ0v) is 14.3. The molecule has 0 amide bonds. The van der Waals surface area contributed by atoms with Gasteiger partial charge in [0.1, 0.15) is 11.0 Å². The van der Waals surface area contributed by atoms with E-state index in [9.17, 15) is 0 Å². The fourth-order valence-corrected chi connectivity index (χ4v) is 2.85. The molecule has 0 aliphatic carbocycles. The van der Waals surface area contributed by atoms with Gasteiger partial charge in [0.15, 0.2) is 0 Å². The number of hydrogen-bond donors (Lipinski definition) is 1. The number of pyridine rings is 2. The van der Waals surface area contributed by atoms with E-state index in [-0.39, 0.29) is 0 Å². The van der Waals surface area contributed by atoms with E-state index in [0.717, 1.165) is 32.9 Å². The Kier molecular flexibility index (Phi) is 4.04. The molecule has 122 valence electrons. The summed E-state index contributed by atoms with van der Waals surface area (Å²) in [7, 11) is 0. The van der Waals surface area contributed by atoms with Gasteiger partial charge in [0.25, 0.3) is 0 Å². The molecule has 5 heteroatoms. The van der Waals surface area contributed by atoms with Crippen LogP contribution in [0.15, 0.2) is 65.8 Å². The molecule has 0 saturated heterocycles. The van der Waals surface area contributed by atoms with Crippen LogP contribution in [0.4, 0.5) is 5.82 Å². The topological polar surface area (TPSA) is 50.2 Å². The number of hydrazone groups is 1. The third kappa shape index (κ3) is 3.30. The molecule has 0 atom stereocenters. The average molecular weight is 347 g/mol. The minimum absolute atomic E-state index is 0.426. The van der Waals surface area contributed by atoms with E-state index in [4.69, 9.17) is 11.6 Å². The van der Waals surface area contributed by atoms with Gasteiger partial charge in [-0.2, -0.15) is 5.10 Å². The standard InChI is InChI=1S/C20H15ClN4/c1-13-6-7-15-11-16(20(21)24-18(15)10-13)12-22-25-19-9-8-14-4-2-3-5-17(14)23-19/h2-12H,1H3,(H,23,25)/b22-12-. The third-order valence-corrected chi connectivity index (χ3v) is 4.24. The Morgan fingerprint density at radius 1 is 0.920 bits per heavy atom. The predicted molar refractivity (Wildman–Crippen MR) is 104 cm³/mol. The van der Waals surface area contributed by atoms with Crippen molar-refractivity contribution in [1.82, 2.24) is 9.97 Å². The maximum absolute atomic E-state index is 6.27. The molecule has 2 aromatic heterocycles. The van der Waals surface area contributed by atoms with Crippen LogP contribution >= 0.6 is 11.6 Å². The monoisotopic (exact) mass is 346 g/mol. The van der Waals surface area contributed by atoms with Gasteiger partial charge in [-0.15, -0.1) is 0 Å². The van der Waals surface area contributed by atoms with Gasteiger partial charge in [-0.05, 0) is 42.8 Å². The van der Waals surface area contributed by atoms with Crippen LogP contribution in [-0.4, -0.2) is 16.2 Å². The smallest absolute Gasteiger partial charge is 0.146 e. The third-order valence-electron chi connectivity index (χ3n) is 3.93. The molecule has 4 rings (SSSR count). The van der Waals surface area contributed by atoms with Crippen molar-refractivity contribution < 1.29 is 0 Å². The quantitative estimate of drug-likeness (QED) is 0.315. The Labute approximate surface area is 150 Å². The van der Waals surface area contributed by atoms with Crippen LogP contribution in [0, 0.1) is 6.92 Å². The van der Waals surface area contributed by atoms with Gasteiger partial charge in [-0.25, -0.2) is 9.97 Å². The lowest BCUT2D eigenvalue weighted by Crippen LogP contribution is -1.95. The largest absolute Gasteiger partial charge is 0.261 e. The summed E-state index contributed by atoms with van der Waals surface area (Å²) in [6, 6.07) is 19.9. The normalized spacial score (nSPS) is 11.4. The van der Waals surface area contributed by atoms with Crippen molar-refractivity contribution in [3.8, 4) is 0 Å². The van der Waals surface area contributed by atoms with Crippen LogP contribution in [0.5, 0.6) is 0 Å². The van der Waals surface area contributed by atoms with E-state index < -0.39 is 0 Å². The highest BCUT2D eigenvalue weighted by molar-refractivity contribution is 6.32. The number of anilines is 1. The minimum Gasteiger partial charge on any atom is -0.261 e. The summed E-state index contributed by atoms with van der Waals surface area (Å²) in [5.74, 6) is 0.676. The molecule has 0 bridgehead atoms. The first-order valence-corrected chi connectivity index (χ1v) is 8.29. The van der Waals surface area contributed by atoms with Crippen molar-refractivity contribution in [1.29, 1.82) is 0 Å². The molecule has 0 radical (unpaired) electrons. The molecule has 0 spiro atoms. The van der Waals surface area contributed by atoms with Gasteiger partial charge in [0.05, 0.1) is 17.2 Å². The van der Waals surface area contributed by atoms with Crippen molar-refractivity contribution in [2.75, 3.05) is 5.43 Å². The lowest BCUT2D eigenvalue weighted by atomic mass is 10.1. The van der Waals surface area contributed by atoms with Gasteiger partial charge >= 0.3 is 0 Å². The number of hydrogen-bond acceptors (Lipinski definition) is 4. The van der Waals surface area contributed by atoms with Gasteiger partial charge in [-0.1, -0.05) is 41.9 Å². The van der Waals surface area contributed by atoms with Gasteiger partial charge in [-0.3, -0.25) is 5.43 Å². The Hall–Kier alpha value is -2.98. The first kappa shape index (κ1) is 15.5. The molecule has 0 aliphatic heterocycles. The van der Waals surface area contributed by atoms with E-state index in [0.29, 0.717) is 11.0 Å². The lowest BCUT2D eigenvalue weighted by molar-refractivity contribution is 1.26. The highest BCUT2D eigenvalue weighted by Crippen LogP contribution is 2.20. The maximum atomic E-state index is 6.27. The van der Waals surface area contributed by atoms with Crippen LogP contribution in [-0.2, 0) is 0 Å². The van der Waals surface area contributed by atoms with Crippen LogP contribution < -0.4 is 5.43 Å². The van der Waals surface area contributed by atoms with Gasteiger partial charge in [0.2, 0.25) is 0 Å². The van der Waals surface area contributed by atoms with E-state index in [2.05, 4.69) is 26.6 Å². The molecule has 2 heterocycles. The highest BCUT2D eigenvalue weighted by atomic mass is 35.5. The van der Waals surface area contributed by atoms with Crippen molar-refractivity contribution in [2.45, 2.75) is 6.92 Å². The lowest BCUT2D eigenvalue weighted by Gasteiger charge is -2.04. The van der Waals surface area contributed by atoms with Gasteiger partial charge in [0, 0.05) is 16.3 Å². The summed E-state index contributed by atoms with van der Waals surface area (Å²) in [6.45, 7) is 2.03. The van der Waals surface area contributed by atoms with Crippen LogP contribution in [0.1, 0.15) is 11.1 Å². The number of rotatable bonds is 3. The van der Waals surface area contributed by atoms with Crippen LogP contribution in [0.3, 0.4) is 0 Å². The molecule has 0 aliphatic rings. The van der Waals surface area contributed by atoms with E-state index in [1.54, 1.807) is 6.21 Å². The van der Waals surface area contributed by atoms with Crippen molar-refractivity contribution in [3.63, 3.8) is 0 Å². The Balaban J connectivity index is 1.59. The average Bonchev–Trinajstić information content (AvgIpc) is 2.62. The fraction of sp³-hybridized carbons (Fsp3) is 0.0500. The Morgan fingerprint density at radius 2 is 1.76 bits per heavy atom. The summed E-state index contributed by atoms with van der Waals surface area (Å²) in [5.41, 5.74) is 6.65. The number of halogens is 1. The fourth-order valence-electron chi connectivity index (χ4n) is 2.66. The van der Waals surface area contributed by atoms with Crippen molar-refractivity contribution in [3.05, 3.63) is 76.9 Å². The molecule has 1 N–H and O–H groups in total.